The molecule has 0 saturated carbocycles. The number of hydrogen-bond acceptors (Lipinski definition) is 6. The lowest BCUT2D eigenvalue weighted by Crippen LogP contribution is -2.08. The van der Waals surface area contributed by atoms with E-state index < -0.39 is 16.1 Å². The van der Waals surface area contributed by atoms with Crippen LogP contribution in [0.1, 0.15) is 16.8 Å². The largest absolute Gasteiger partial charge is 0.494 e. The summed E-state index contributed by atoms with van der Waals surface area (Å²) in [6.45, 7) is 0.409. The number of carbonyl (C=O) groups is 1. The van der Waals surface area contributed by atoms with Crippen LogP contribution in [-0.4, -0.2) is 41.0 Å². The highest BCUT2D eigenvalue weighted by atomic mass is 32.2. The van der Waals surface area contributed by atoms with E-state index in [0.717, 1.165) is 6.26 Å². The van der Waals surface area contributed by atoms with Crippen LogP contribution in [0.4, 0.5) is 0 Å². The SMILES string of the molecule is COC(=O)c1ccc(OCCCOS(C)(=O)=O)cc1. The van der Waals surface area contributed by atoms with Crippen molar-refractivity contribution in [2.24, 2.45) is 0 Å². The molecular formula is C12H16O6S. The average molecular weight is 288 g/mol. The van der Waals surface area contributed by atoms with Crippen molar-refractivity contribution < 1.29 is 26.9 Å². The van der Waals surface area contributed by atoms with Crippen molar-refractivity contribution in [1.82, 2.24) is 0 Å². The van der Waals surface area contributed by atoms with Gasteiger partial charge < -0.3 is 9.47 Å². The van der Waals surface area contributed by atoms with Crippen molar-refractivity contribution in [2.75, 3.05) is 26.6 Å². The van der Waals surface area contributed by atoms with Crippen molar-refractivity contribution >= 4 is 16.1 Å². The van der Waals surface area contributed by atoms with E-state index >= 15 is 0 Å². The fourth-order valence-corrected chi connectivity index (χ4v) is 1.68. The minimum atomic E-state index is -3.39. The highest BCUT2D eigenvalue weighted by molar-refractivity contribution is 7.85. The fourth-order valence-electron chi connectivity index (χ4n) is 1.26. The van der Waals surface area contributed by atoms with Gasteiger partial charge in [0.2, 0.25) is 0 Å². The molecule has 1 rings (SSSR count). The molecule has 0 aliphatic rings. The lowest BCUT2D eigenvalue weighted by Gasteiger charge is -2.06. The first kappa shape index (κ1) is 15.5. The lowest BCUT2D eigenvalue weighted by molar-refractivity contribution is 0.0600. The molecule has 106 valence electrons. The van der Waals surface area contributed by atoms with E-state index in [0.29, 0.717) is 24.3 Å². The Kier molecular flexibility index (Phi) is 5.78. The van der Waals surface area contributed by atoms with Crippen LogP contribution in [0.15, 0.2) is 24.3 Å². The highest BCUT2D eigenvalue weighted by Gasteiger charge is 2.05. The number of esters is 1. The quantitative estimate of drug-likeness (QED) is 0.426. The van der Waals surface area contributed by atoms with E-state index in [9.17, 15) is 13.2 Å². The minimum Gasteiger partial charge on any atom is -0.494 e. The van der Waals surface area contributed by atoms with Gasteiger partial charge in [0.15, 0.2) is 0 Å². The number of carbonyl (C=O) groups excluding carboxylic acids is 1. The molecule has 0 aromatic heterocycles. The van der Waals surface area contributed by atoms with Crippen molar-refractivity contribution in [3.05, 3.63) is 29.8 Å². The van der Waals surface area contributed by atoms with E-state index in [1.165, 1.54) is 7.11 Å². The molecule has 1 aromatic carbocycles. The van der Waals surface area contributed by atoms with Gasteiger partial charge in [-0.15, -0.1) is 0 Å². The molecule has 0 bridgehead atoms. The summed E-state index contributed by atoms with van der Waals surface area (Å²) in [5.41, 5.74) is 0.440. The predicted molar refractivity (Wildman–Crippen MR) is 68.7 cm³/mol. The molecule has 0 aliphatic carbocycles. The Morgan fingerprint density at radius 2 is 1.79 bits per heavy atom. The van der Waals surface area contributed by atoms with Crippen molar-refractivity contribution in [2.45, 2.75) is 6.42 Å². The summed E-state index contributed by atoms with van der Waals surface area (Å²) in [6, 6.07) is 6.47. The van der Waals surface area contributed by atoms with Gasteiger partial charge in [0, 0.05) is 6.42 Å². The Hall–Kier alpha value is -1.60. The third kappa shape index (κ3) is 6.21. The van der Waals surface area contributed by atoms with Gasteiger partial charge in [0.1, 0.15) is 5.75 Å². The molecule has 0 aliphatic heterocycles. The van der Waals surface area contributed by atoms with Crippen molar-refractivity contribution in [3.8, 4) is 5.75 Å². The minimum absolute atomic E-state index is 0.0824. The Morgan fingerprint density at radius 1 is 1.16 bits per heavy atom. The van der Waals surface area contributed by atoms with Crippen LogP contribution >= 0.6 is 0 Å². The van der Waals surface area contributed by atoms with Crippen LogP contribution in [0.5, 0.6) is 5.75 Å². The summed E-state index contributed by atoms with van der Waals surface area (Å²) >= 11 is 0. The molecule has 0 atom stereocenters. The zero-order chi connectivity index (χ0) is 14.3. The average Bonchev–Trinajstić information content (AvgIpc) is 2.37. The molecule has 6 nitrogen and oxygen atoms in total. The van der Waals surface area contributed by atoms with E-state index in [-0.39, 0.29) is 6.61 Å². The lowest BCUT2D eigenvalue weighted by atomic mass is 10.2. The molecule has 0 saturated heterocycles. The predicted octanol–water partition coefficient (Wildman–Crippen LogP) is 1.22. The summed E-state index contributed by atoms with van der Waals surface area (Å²) < 4.78 is 35.9. The number of ether oxygens (including phenoxy) is 2. The van der Waals surface area contributed by atoms with Crippen LogP contribution in [-0.2, 0) is 19.0 Å². The highest BCUT2D eigenvalue weighted by Crippen LogP contribution is 2.13. The maximum absolute atomic E-state index is 11.2. The first-order valence-corrected chi connectivity index (χ1v) is 7.39. The summed E-state index contributed by atoms with van der Waals surface area (Å²) in [7, 11) is -2.08. The van der Waals surface area contributed by atoms with Gasteiger partial charge in [0.05, 0.1) is 32.1 Å². The third-order valence-electron chi connectivity index (χ3n) is 2.13. The van der Waals surface area contributed by atoms with Gasteiger partial charge >= 0.3 is 5.97 Å². The number of methoxy groups -OCH3 is 1. The zero-order valence-corrected chi connectivity index (χ0v) is 11.6. The van der Waals surface area contributed by atoms with Gasteiger partial charge in [-0.25, -0.2) is 4.79 Å². The second kappa shape index (κ2) is 7.10. The van der Waals surface area contributed by atoms with Gasteiger partial charge in [0.25, 0.3) is 10.1 Å². The summed E-state index contributed by atoms with van der Waals surface area (Å²) in [5, 5.41) is 0. The van der Waals surface area contributed by atoms with E-state index in [4.69, 9.17) is 4.74 Å². The number of rotatable bonds is 7. The second-order valence-electron chi connectivity index (χ2n) is 3.74. The molecule has 0 amide bonds. The molecule has 0 radical (unpaired) electrons. The monoisotopic (exact) mass is 288 g/mol. The maximum Gasteiger partial charge on any atom is 0.337 e. The molecule has 1 aromatic rings. The van der Waals surface area contributed by atoms with E-state index in [1.807, 2.05) is 0 Å². The van der Waals surface area contributed by atoms with Crippen molar-refractivity contribution in [3.63, 3.8) is 0 Å². The van der Waals surface area contributed by atoms with Crippen LogP contribution < -0.4 is 4.74 Å². The van der Waals surface area contributed by atoms with Gasteiger partial charge in [-0.2, -0.15) is 8.42 Å². The molecule has 0 fully saturated rings. The van der Waals surface area contributed by atoms with Crippen LogP contribution in [0.2, 0.25) is 0 Å². The second-order valence-corrected chi connectivity index (χ2v) is 5.39. The Labute approximate surface area is 112 Å². The third-order valence-corrected chi connectivity index (χ3v) is 2.73. The van der Waals surface area contributed by atoms with Gasteiger partial charge in [-0.3, -0.25) is 4.18 Å². The standard InChI is InChI=1S/C12H16O6S/c1-16-12(13)10-4-6-11(7-5-10)17-8-3-9-18-19(2,14)15/h4-7H,3,8-9H2,1-2H3. The summed E-state index contributed by atoms with van der Waals surface area (Å²) in [4.78, 5) is 11.2. The molecule has 0 N–H and O–H groups in total. The normalized spacial score (nSPS) is 11.1. The number of hydrogen-bond donors (Lipinski definition) is 0. The van der Waals surface area contributed by atoms with Gasteiger partial charge in [-0.05, 0) is 24.3 Å². The van der Waals surface area contributed by atoms with Crippen LogP contribution in [0, 0.1) is 0 Å². The van der Waals surface area contributed by atoms with Crippen molar-refractivity contribution in [1.29, 1.82) is 0 Å². The fraction of sp³-hybridized carbons (Fsp3) is 0.417. The smallest absolute Gasteiger partial charge is 0.337 e. The molecule has 7 heteroatoms. The van der Waals surface area contributed by atoms with Crippen LogP contribution in [0.3, 0.4) is 0 Å². The molecule has 0 unspecified atom stereocenters. The Morgan fingerprint density at radius 3 is 2.32 bits per heavy atom. The van der Waals surface area contributed by atoms with Gasteiger partial charge in [-0.1, -0.05) is 0 Å². The Balaban J connectivity index is 2.32. The maximum atomic E-state index is 11.2. The summed E-state index contributed by atoms with van der Waals surface area (Å²) in [5.74, 6) is 0.181. The van der Waals surface area contributed by atoms with E-state index in [2.05, 4.69) is 8.92 Å². The molecule has 0 heterocycles. The zero-order valence-electron chi connectivity index (χ0n) is 10.8. The molecule has 0 spiro atoms. The first-order valence-electron chi connectivity index (χ1n) is 5.58. The molecule has 19 heavy (non-hydrogen) atoms. The molecular weight excluding hydrogens is 272 g/mol. The van der Waals surface area contributed by atoms with E-state index in [1.54, 1.807) is 24.3 Å². The topological polar surface area (TPSA) is 78.9 Å². The number of benzene rings is 1. The first-order chi connectivity index (χ1) is 8.92. The van der Waals surface area contributed by atoms with Crippen LogP contribution in [0.25, 0.3) is 0 Å². The Bertz CT molecular complexity index is 506. The summed E-state index contributed by atoms with van der Waals surface area (Å²) in [6.07, 6.45) is 1.45.